The number of para-hydroxylation sites is 2. The molecule has 2 aromatic rings. The van der Waals surface area contributed by atoms with Gasteiger partial charge in [-0.05, 0) is 12.1 Å². The van der Waals surface area contributed by atoms with Gasteiger partial charge in [0.2, 0.25) is 15.9 Å². The molecular formula is C17H22N4O4S2. The van der Waals surface area contributed by atoms with Gasteiger partial charge in [-0.3, -0.25) is 9.52 Å². The number of methoxy groups -OCH3 is 1. The third-order valence-electron chi connectivity index (χ3n) is 4.22. The fourth-order valence-electron chi connectivity index (χ4n) is 2.95. The zero-order valence-electron chi connectivity index (χ0n) is 15.2. The van der Waals surface area contributed by atoms with Crippen LogP contribution < -0.4 is 14.4 Å². The average Bonchev–Trinajstić information content (AvgIpc) is 3.06. The van der Waals surface area contributed by atoms with Gasteiger partial charge in [-0.25, -0.2) is 13.4 Å². The highest BCUT2D eigenvalue weighted by Crippen LogP contribution is 2.28. The molecule has 1 saturated heterocycles. The molecule has 0 atom stereocenters. The van der Waals surface area contributed by atoms with Crippen molar-refractivity contribution >= 4 is 38.1 Å². The Balaban J connectivity index is 1.56. The van der Waals surface area contributed by atoms with Gasteiger partial charge >= 0.3 is 0 Å². The van der Waals surface area contributed by atoms with E-state index in [1.807, 2.05) is 29.2 Å². The molecule has 0 aliphatic carbocycles. The molecule has 1 aromatic carbocycles. The third kappa shape index (κ3) is 5.10. The van der Waals surface area contributed by atoms with E-state index >= 15 is 0 Å². The molecule has 1 N–H and O–H groups in total. The number of sulfonamides is 1. The number of anilines is 2. The summed E-state index contributed by atoms with van der Waals surface area (Å²) in [6.45, 7) is 2.69. The van der Waals surface area contributed by atoms with E-state index in [1.165, 1.54) is 11.3 Å². The number of aromatic nitrogens is 1. The Morgan fingerprint density at radius 2 is 1.96 bits per heavy atom. The van der Waals surface area contributed by atoms with Gasteiger partial charge in [0.05, 0.1) is 31.2 Å². The zero-order chi connectivity index (χ0) is 19.4. The summed E-state index contributed by atoms with van der Waals surface area (Å²) >= 11 is 1.17. The molecule has 8 nitrogen and oxygen atoms in total. The molecule has 3 rings (SSSR count). The number of hydrogen-bond donors (Lipinski definition) is 1. The number of nitrogens with one attached hydrogen (secondary N) is 1. The lowest BCUT2D eigenvalue weighted by atomic mass is 10.2. The van der Waals surface area contributed by atoms with Crippen LogP contribution in [-0.2, 0) is 21.2 Å². The third-order valence-corrected chi connectivity index (χ3v) is 5.71. The van der Waals surface area contributed by atoms with Crippen LogP contribution in [0.4, 0.5) is 10.8 Å². The molecule has 146 valence electrons. The second kappa shape index (κ2) is 8.13. The molecule has 1 fully saturated rings. The molecule has 27 heavy (non-hydrogen) atoms. The van der Waals surface area contributed by atoms with Crippen molar-refractivity contribution in [3.63, 3.8) is 0 Å². The molecule has 0 saturated carbocycles. The van der Waals surface area contributed by atoms with Crippen LogP contribution in [0.25, 0.3) is 0 Å². The normalized spacial score (nSPS) is 14.9. The van der Waals surface area contributed by atoms with Gasteiger partial charge in [-0.1, -0.05) is 12.1 Å². The molecule has 1 aliphatic heterocycles. The monoisotopic (exact) mass is 410 g/mol. The van der Waals surface area contributed by atoms with E-state index in [4.69, 9.17) is 4.74 Å². The number of nitrogens with zero attached hydrogens (tertiary/aromatic N) is 3. The first-order valence-corrected chi connectivity index (χ1v) is 11.2. The van der Waals surface area contributed by atoms with Crippen molar-refractivity contribution in [3.05, 3.63) is 35.3 Å². The summed E-state index contributed by atoms with van der Waals surface area (Å²) in [4.78, 5) is 20.7. The van der Waals surface area contributed by atoms with Crippen molar-refractivity contribution in [2.45, 2.75) is 6.42 Å². The first kappa shape index (κ1) is 19.4. The smallest absolute Gasteiger partial charge is 0.231 e. The van der Waals surface area contributed by atoms with Crippen molar-refractivity contribution in [1.29, 1.82) is 0 Å². The van der Waals surface area contributed by atoms with Crippen LogP contribution in [0.15, 0.2) is 29.6 Å². The van der Waals surface area contributed by atoms with E-state index in [1.54, 1.807) is 12.5 Å². The summed E-state index contributed by atoms with van der Waals surface area (Å²) in [5.74, 6) is 0.816. The highest BCUT2D eigenvalue weighted by molar-refractivity contribution is 7.92. The van der Waals surface area contributed by atoms with Gasteiger partial charge in [0, 0.05) is 31.6 Å². The SMILES string of the molecule is COc1ccccc1N1CCN(C(=O)Cc2csc(NS(C)(=O)=O)n2)CC1. The average molecular weight is 411 g/mol. The predicted octanol–water partition coefficient (Wildman–Crippen LogP) is 1.41. The topological polar surface area (TPSA) is 91.8 Å². The van der Waals surface area contributed by atoms with Gasteiger partial charge in [0.1, 0.15) is 5.75 Å². The molecule has 1 aliphatic rings. The summed E-state index contributed by atoms with van der Waals surface area (Å²) in [7, 11) is -1.71. The maximum atomic E-state index is 12.5. The van der Waals surface area contributed by atoms with Crippen LogP contribution in [0, 0.1) is 0 Å². The number of carbonyl (C=O) groups excluding carboxylic acids is 1. The van der Waals surface area contributed by atoms with E-state index in [0.29, 0.717) is 18.8 Å². The largest absolute Gasteiger partial charge is 0.495 e. The van der Waals surface area contributed by atoms with Crippen LogP contribution >= 0.6 is 11.3 Å². The first-order chi connectivity index (χ1) is 12.9. The molecule has 2 heterocycles. The van der Waals surface area contributed by atoms with Crippen LogP contribution in [-0.4, -0.2) is 63.8 Å². The van der Waals surface area contributed by atoms with Crippen LogP contribution in [0.3, 0.4) is 0 Å². The zero-order valence-corrected chi connectivity index (χ0v) is 16.8. The molecule has 10 heteroatoms. The molecule has 0 unspecified atom stereocenters. The molecule has 0 spiro atoms. The Hall–Kier alpha value is -2.33. The number of thiazole rings is 1. The van der Waals surface area contributed by atoms with E-state index < -0.39 is 10.0 Å². The highest BCUT2D eigenvalue weighted by atomic mass is 32.2. The van der Waals surface area contributed by atoms with Crippen molar-refractivity contribution in [3.8, 4) is 5.75 Å². The summed E-state index contributed by atoms with van der Waals surface area (Å²) < 4.78 is 30.2. The predicted molar refractivity (Wildman–Crippen MR) is 106 cm³/mol. The standard InChI is InChI=1S/C17H22N4O4S2/c1-25-15-6-4-3-5-14(15)20-7-9-21(10-8-20)16(22)11-13-12-26-17(18-13)19-27(2,23)24/h3-6,12H,7-11H2,1-2H3,(H,18,19). The lowest BCUT2D eigenvalue weighted by Crippen LogP contribution is -2.49. The number of rotatable bonds is 6. The number of ether oxygens (including phenoxy) is 1. The van der Waals surface area contributed by atoms with Crippen molar-refractivity contribution < 1.29 is 17.9 Å². The number of piperazine rings is 1. The second-order valence-corrected chi connectivity index (χ2v) is 8.84. The van der Waals surface area contributed by atoms with Crippen molar-refractivity contribution in [2.75, 3.05) is 49.2 Å². The molecule has 1 amide bonds. The summed E-state index contributed by atoms with van der Waals surface area (Å²) in [5, 5.41) is 1.98. The maximum absolute atomic E-state index is 12.5. The van der Waals surface area contributed by atoms with Gasteiger partial charge < -0.3 is 14.5 Å². The Bertz CT molecular complexity index is 905. The molecule has 0 bridgehead atoms. The Kier molecular flexibility index (Phi) is 5.85. The Morgan fingerprint density at radius 1 is 1.26 bits per heavy atom. The van der Waals surface area contributed by atoms with Gasteiger partial charge in [-0.2, -0.15) is 0 Å². The fraction of sp³-hybridized carbons (Fsp3) is 0.412. The Morgan fingerprint density at radius 3 is 2.63 bits per heavy atom. The first-order valence-electron chi connectivity index (χ1n) is 8.43. The number of carbonyl (C=O) groups is 1. The van der Waals surface area contributed by atoms with Crippen LogP contribution in [0.2, 0.25) is 0 Å². The van der Waals surface area contributed by atoms with E-state index in [-0.39, 0.29) is 17.5 Å². The Labute approximate surface area is 162 Å². The van der Waals surface area contributed by atoms with Crippen molar-refractivity contribution in [2.24, 2.45) is 0 Å². The summed E-state index contributed by atoms with van der Waals surface area (Å²) in [6, 6.07) is 7.85. The lowest BCUT2D eigenvalue weighted by molar-refractivity contribution is -0.130. The van der Waals surface area contributed by atoms with Gasteiger partial charge in [0.25, 0.3) is 0 Å². The molecule has 0 radical (unpaired) electrons. The van der Waals surface area contributed by atoms with E-state index in [0.717, 1.165) is 30.8 Å². The van der Waals surface area contributed by atoms with Crippen molar-refractivity contribution in [1.82, 2.24) is 9.88 Å². The van der Waals surface area contributed by atoms with Crippen LogP contribution in [0.1, 0.15) is 5.69 Å². The lowest BCUT2D eigenvalue weighted by Gasteiger charge is -2.36. The minimum absolute atomic E-state index is 0.00844. The number of benzene rings is 1. The molecular weight excluding hydrogens is 388 g/mol. The van der Waals surface area contributed by atoms with Gasteiger partial charge in [-0.15, -0.1) is 11.3 Å². The second-order valence-electron chi connectivity index (χ2n) is 6.23. The highest BCUT2D eigenvalue weighted by Gasteiger charge is 2.23. The quantitative estimate of drug-likeness (QED) is 0.774. The maximum Gasteiger partial charge on any atom is 0.231 e. The van der Waals surface area contributed by atoms with Gasteiger partial charge in [0.15, 0.2) is 5.13 Å². The minimum atomic E-state index is -3.36. The summed E-state index contributed by atoms with van der Waals surface area (Å²) in [5.41, 5.74) is 1.60. The minimum Gasteiger partial charge on any atom is -0.495 e. The van der Waals surface area contributed by atoms with E-state index in [9.17, 15) is 13.2 Å². The number of hydrogen-bond acceptors (Lipinski definition) is 7. The van der Waals surface area contributed by atoms with E-state index in [2.05, 4.69) is 14.6 Å². The summed E-state index contributed by atoms with van der Waals surface area (Å²) in [6.07, 6.45) is 1.23. The molecule has 1 aromatic heterocycles. The van der Waals surface area contributed by atoms with Crippen LogP contribution in [0.5, 0.6) is 5.75 Å². The number of amides is 1. The fourth-order valence-corrected chi connectivity index (χ4v) is 4.51.